The molecule has 3 rings (SSSR count). The molecule has 4 heteroatoms. The maximum absolute atomic E-state index is 5.31. The quantitative estimate of drug-likeness (QED) is 0.428. The molecule has 0 aliphatic heterocycles. The van der Waals surface area contributed by atoms with Crippen molar-refractivity contribution in [3.8, 4) is 0 Å². The molecule has 3 fully saturated rings. The van der Waals surface area contributed by atoms with E-state index in [9.17, 15) is 0 Å². The molecule has 3 saturated carbocycles. The van der Waals surface area contributed by atoms with Gasteiger partial charge in [-0.3, -0.25) is 5.43 Å². The lowest BCUT2D eigenvalue weighted by molar-refractivity contribution is -0.0836. The van der Waals surface area contributed by atoms with Gasteiger partial charge in [0, 0.05) is 6.21 Å². The van der Waals surface area contributed by atoms with Gasteiger partial charge in [0.2, 0.25) is 0 Å². The number of nitrogens with two attached hydrogens (primary N) is 1. The number of fused-ring (bicyclic) bond motifs is 2. The van der Waals surface area contributed by atoms with Crippen LogP contribution in [0.1, 0.15) is 33.1 Å². The summed E-state index contributed by atoms with van der Waals surface area (Å²) >= 11 is 4.70. The van der Waals surface area contributed by atoms with E-state index in [4.69, 9.17) is 18.0 Å². The van der Waals surface area contributed by atoms with E-state index in [1.54, 1.807) is 0 Å². The van der Waals surface area contributed by atoms with E-state index in [0.717, 1.165) is 11.8 Å². The van der Waals surface area contributed by atoms with Crippen LogP contribution in [0.25, 0.3) is 0 Å². The zero-order valence-corrected chi connectivity index (χ0v) is 10.2. The second-order valence-corrected chi connectivity index (χ2v) is 5.80. The van der Waals surface area contributed by atoms with Gasteiger partial charge in [0.1, 0.15) is 0 Å². The van der Waals surface area contributed by atoms with Crippen molar-refractivity contribution in [2.24, 2.45) is 34.0 Å². The number of hydrazone groups is 1. The van der Waals surface area contributed by atoms with Crippen LogP contribution < -0.4 is 11.2 Å². The highest BCUT2D eigenvalue weighted by atomic mass is 32.1. The number of hydrogen-bond acceptors (Lipinski definition) is 2. The van der Waals surface area contributed by atoms with Gasteiger partial charge in [-0.1, -0.05) is 13.8 Å². The SMILES string of the molecule is CC1(C)C2CCC(C=NNC(N)=S)C1C2. The van der Waals surface area contributed by atoms with Gasteiger partial charge >= 0.3 is 0 Å². The summed E-state index contributed by atoms with van der Waals surface area (Å²) in [6, 6.07) is 0. The summed E-state index contributed by atoms with van der Waals surface area (Å²) in [7, 11) is 0. The molecule has 15 heavy (non-hydrogen) atoms. The van der Waals surface area contributed by atoms with Gasteiger partial charge in [0.05, 0.1) is 0 Å². The molecule has 3 nitrogen and oxygen atoms in total. The molecule has 0 radical (unpaired) electrons. The highest BCUT2D eigenvalue weighted by Crippen LogP contribution is 2.60. The molecule has 3 aliphatic rings. The average Bonchev–Trinajstić information content (AvgIpc) is 2.17. The maximum atomic E-state index is 5.31. The van der Waals surface area contributed by atoms with Crippen LogP contribution in [0.5, 0.6) is 0 Å². The van der Waals surface area contributed by atoms with E-state index >= 15 is 0 Å². The summed E-state index contributed by atoms with van der Waals surface area (Å²) in [6.45, 7) is 4.76. The van der Waals surface area contributed by atoms with Crippen molar-refractivity contribution in [2.45, 2.75) is 33.1 Å². The monoisotopic (exact) mass is 225 g/mol. The van der Waals surface area contributed by atoms with Crippen molar-refractivity contribution in [1.82, 2.24) is 5.43 Å². The molecule has 0 aromatic rings. The molecular weight excluding hydrogens is 206 g/mol. The largest absolute Gasteiger partial charge is 0.375 e. The Morgan fingerprint density at radius 3 is 2.80 bits per heavy atom. The highest BCUT2D eigenvalue weighted by Gasteiger charge is 2.53. The lowest BCUT2D eigenvalue weighted by Crippen LogP contribution is -2.52. The summed E-state index contributed by atoms with van der Waals surface area (Å²) in [5, 5.41) is 4.34. The minimum absolute atomic E-state index is 0.243. The normalized spacial score (nSPS) is 37.3. The van der Waals surface area contributed by atoms with E-state index in [1.165, 1.54) is 19.3 Å². The molecule has 3 N–H and O–H groups in total. The highest BCUT2D eigenvalue weighted by molar-refractivity contribution is 7.80. The molecule has 3 unspecified atom stereocenters. The van der Waals surface area contributed by atoms with Crippen LogP contribution in [0, 0.1) is 23.2 Å². The fraction of sp³-hybridized carbons (Fsp3) is 0.818. The summed E-state index contributed by atoms with van der Waals surface area (Å²) in [5.74, 6) is 2.34. The van der Waals surface area contributed by atoms with Crippen molar-refractivity contribution in [1.29, 1.82) is 0 Å². The first kappa shape index (κ1) is 10.9. The van der Waals surface area contributed by atoms with Crippen LogP contribution in [0.15, 0.2) is 5.10 Å². The number of hydrogen-bond donors (Lipinski definition) is 2. The van der Waals surface area contributed by atoms with Gasteiger partial charge < -0.3 is 5.73 Å². The fourth-order valence-corrected chi connectivity index (χ4v) is 3.30. The van der Waals surface area contributed by atoms with E-state index in [-0.39, 0.29) is 5.11 Å². The summed E-state index contributed by atoms with van der Waals surface area (Å²) < 4.78 is 0. The lowest BCUT2D eigenvalue weighted by atomic mass is 9.46. The third-order valence-corrected chi connectivity index (χ3v) is 4.44. The van der Waals surface area contributed by atoms with Gasteiger partial charge in [-0.15, -0.1) is 0 Å². The minimum Gasteiger partial charge on any atom is -0.375 e. The Hall–Kier alpha value is -0.640. The lowest BCUT2D eigenvalue weighted by Gasteiger charge is -2.59. The first-order valence-electron chi connectivity index (χ1n) is 5.60. The number of nitrogens with zero attached hydrogens (tertiary/aromatic N) is 1. The molecule has 0 amide bonds. The van der Waals surface area contributed by atoms with Crippen LogP contribution >= 0.6 is 12.2 Å². The van der Waals surface area contributed by atoms with Gasteiger partial charge in [-0.2, -0.15) is 5.10 Å². The zero-order valence-electron chi connectivity index (χ0n) is 9.36. The van der Waals surface area contributed by atoms with Crippen LogP contribution in [0.4, 0.5) is 0 Å². The van der Waals surface area contributed by atoms with Crippen LogP contribution in [-0.2, 0) is 0 Å². The molecule has 0 saturated heterocycles. The number of rotatable bonds is 2. The minimum atomic E-state index is 0.243. The second-order valence-electron chi connectivity index (χ2n) is 5.36. The average molecular weight is 225 g/mol. The van der Waals surface area contributed by atoms with E-state index in [2.05, 4.69) is 24.4 Å². The Morgan fingerprint density at radius 1 is 1.53 bits per heavy atom. The fourth-order valence-electron chi connectivity index (χ4n) is 3.24. The Labute approximate surface area is 96.5 Å². The van der Waals surface area contributed by atoms with E-state index in [1.807, 2.05) is 6.21 Å². The van der Waals surface area contributed by atoms with E-state index in [0.29, 0.717) is 11.3 Å². The Bertz CT molecular complexity index is 296. The standard InChI is InChI=1S/C11H19N3S/c1-11(2)8-4-3-7(9(11)5-8)6-13-14-10(12)15/h6-9H,3-5H2,1-2H3,(H3,12,14,15). The summed E-state index contributed by atoms with van der Waals surface area (Å²) in [6.07, 6.45) is 5.98. The molecule has 3 aliphatic carbocycles. The third kappa shape index (κ3) is 1.87. The molecule has 0 aromatic heterocycles. The molecule has 2 bridgehead atoms. The van der Waals surface area contributed by atoms with E-state index < -0.39 is 0 Å². The van der Waals surface area contributed by atoms with Crippen molar-refractivity contribution < 1.29 is 0 Å². The predicted molar refractivity (Wildman–Crippen MR) is 66.5 cm³/mol. The predicted octanol–water partition coefficient (Wildman–Crippen LogP) is 1.88. The Kier molecular flexibility index (Phi) is 2.71. The van der Waals surface area contributed by atoms with Gasteiger partial charge in [-0.25, -0.2) is 0 Å². The molecule has 0 heterocycles. The van der Waals surface area contributed by atoms with Crippen molar-refractivity contribution in [3.63, 3.8) is 0 Å². The Morgan fingerprint density at radius 2 is 2.27 bits per heavy atom. The molecular formula is C11H19N3S. The molecule has 84 valence electrons. The smallest absolute Gasteiger partial charge is 0.184 e. The molecule has 0 spiro atoms. The number of thiocarbonyl (C=S) groups is 1. The third-order valence-electron chi connectivity index (χ3n) is 4.35. The topological polar surface area (TPSA) is 50.4 Å². The Balaban J connectivity index is 1.94. The van der Waals surface area contributed by atoms with Crippen molar-refractivity contribution >= 4 is 23.5 Å². The van der Waals surface area contributed by atoms with Crippen molar-refractivity contribution in [3.05, 3.63) is 0 Å². The summed E-state index contributed by atoms with van der Waals surface area (Å²) in [4.78, 5) is 0. The van der Waals surface area contributed by atoms with Gasteiger partial charge in [0.25, 0.3) is 0 Å². The van der Waals surface area contributed by atoms with Crippen molar-refractivity contribution in [2.75, 3.05) is 0 Å². The maximum Gasteiger partial charge on any atom is 0.184 e. The molecule has 0 aromatic carbocycles. The van der Waals surface area contributed by atoms with Crippen LogP contribution in [-0.4, -0.2) is 11.3 Å². The van der Waals surface area contributed by atoms with Gasteiger partial charge in [-0.05, 0) is 54.6 Å². The number of nitrogens with one attached hydrogen (secondary N) is 1. The first-order valence-corrected chi connectivity index (χ1v) is 6.01. The van der Waals surface area contributed by atoms with Crippen LogP contribution in [0.2, 0.25) is 0 Å². The summed E-state index contributed by atoms with van der Waals surface area (Å²) in [5.41, 5.74) is 8.46. The van der Waals surface area contributed by atoms with Gasteiger partial charge in [0.15, 0.2) is 5.11 Å². The van der Waals surface area contributed by atoms with Crippen LogP contribution in [0.3, 0.4) is 0 Å². The second kappa shape index (κ2) is 3.74. The zero-order chi connectivity index (χ0) is 11.1. The molecule has 3 atom stereocenters. The first-order chi connectivity index (χ1) is 7.01.